The molecule has 0 aliphatic carbocycles. The molecule has 1 heterocycles. The van der Waals surface area contributed by atoms with Crippen LogP contribution in [0, 0.1) is 0 Å². The standard InChI is InChI=1S/C18H15N3O2/c1-23-17-15(12-19-22)20-18(14-10-6-3-7-11-14)21-16(17)13-8-4-2-5-9-13/h2-12,22H,1H3/b19-12-. The lowest BCUT2D eigenvalue weighted by molar-refractivity contribution is 0.321. The van der Waals surface area contributed by atoms with Crippen molar-refractivity contribution in [2.24, 2.45) is 5.16 Å². The number of aromatic nitrogens is 2. The average Bonchev–Trinajstić information content (AvgIpc) is 2.63. The van der Waals surface area contributed by atoms with Crippen molar-refractivity contribution in [1.82, 2.24) is 9.97 Å². The van der Waals surface area contributed by atoms with Crippen LogP contribution in [0.4, 0.5) is 0 Å². The highest BCUT2D eigenvalue weighted by molar-refractivity contribution is 5.86. The molecule has 0 amide bonds. The van der Waals surface area contributed by atoms with Crippen molar-refractivity contribution in [3.63, 3.8) is 0 Å². The number of hydrogen-bond donors (Lipinski definition) is 1. The maximum absolute atomic E-state index is 8.92. The zero-order valence-corrected chi connectivity index (χ0v) is 12.5. The van der Waals surface area contributed by atoms with Gasteiger partial charge in [0.2, 0.25) is 0 Å². The Morgan fingerprint density at radius 2 is 1.52 bits per heavy atom. The number of methoxy groups -OCH3 is 1. The highest BCUT2D eigenvalue weighted by atomic mass is 16.5. The van der Waals surface area contributed by atoms with Gasteiger partial charge in [-0.1, -0.05) is 65.8 Å². The summed E-state index contributed by atoms with van der Waals surface area (Å²) in [4.78, 5) is 9.09. The van der Waals surface area contributed by atoms with E-state index < -0.39 is 0 Å². The van der Waals surface area contributed by atoms with E-state index in [0.29, 0.717) is 23.0 Å². The second-order valence-electron chi connectivity index (χ2n) is 4.79. The molecule has 5 nitrogen and oxygen atoms in total. The summed E-state index contributed by atoms with van der Waals surface area (Å²) in [6, 6.07) is 19.3. The second-order valence-corrected chi connectivity index (χ2v) is 4.79. The van der Waals surface area contributed by atoms with E-state index in [0.717, 1.165) is 11.1 Å². The van der Waals surface area contributed by atoms with Gasteiger partial charge in [0.05, 0.1) is 13.3 Å². The Bertz CT molecular complexity index is 818. The van der Waals surface area contributed by atoms with E-state index in [1.807, 2.05) is 60.7 Å². The van der Waals surface area contributed by atoms with Crippen molar-refractivity contribution >= 4 is 6.21 Å². The summed E-state index contributed by atoms with van der Waals surface area (Å²) in [5, 5.41) is 12.0. The molecule has 23 heavy (non-hydrogen) atoms. The molecule has 0 aliphatic heterocycles. The van der Waals surface area contributed by atoms with Crippen LogP contribution < -0.4 is 4.74 Å². The van der Waals surface area contributed by atoms with E-state index in [2.05, 4.69) is 15.1 Å². The van der Waals surface area contributed by atoms with Gasteiger partial charge in [0.25, 0.3) is 0 Å². The molecule has 0 radical (unpaired) electrons. The van der Waals surface area contributed by atoms with Crippen LogP contribution in [-0.4, -0.2) is 28.5 Å². The normalized spacial score (nSPS) is 10.8. The number of benzene rings is 2. The molecular formula is C18H15N3O2. The van der Waals surface area contributed by atoms with Crippen molar-refractivity contribution in [3.8, 4) is 28.4 Å². The summed E-state index contributed by atoms with van der Waals surface area (Å²) in [5.74, 6) is 1.01. The van der Waals surface area contributed by atoms with E-state index in [-0.39, 0.29) is 0 Å². The monoisotopic (exact) mass is 305 g/mol. The van der Waals surface area contributed by atoms with Crippen molar-refractivity contribution < 1.29 is 9.94 Å². The van der Waals surface area contributed by atoms with E-state index in [1.165, 1.54) is 6.21 Å². The fourth-order valence-electron chi connectivity index (χ4n) is 2.32. The van der Waals surface area contributed by atoms with Crippen LogP contribution in [0.15, 0.2) is 65.8 Å². The topological polar surface area (TPSA) is 67.6 Å². The first-order valence-electron chi connectivity index (χ1n) is 7.08. The number of rotatable bonds is 4. The Balaban J connectivity index is 2.26. The number of hydrogen-bond acceptors (Lipinski definition) is 5. The summed E-state index contributed by atoms with van der Waals surface area (Å²) in [6.45, 7) is 0. The molecule has 2 aromatic carbocycles. The third-order valence-electron chi connectivity index (χ3n) is 3.36. The molecule has 0 unspecified atom stereocenters. The first-order valence-corrected chi connectivity index (χ1v) is 7.08. The summed E-state index contributed by atoms with van der Waals surface area (Å²) < 4.78 is 5.45. The molecule has 114 valence electrons. The first kappa shape index (κ1) is 14.7. The van der Waals surface area contributed by atoms with Crippen molar-refractivity contribution in [2.45, 2.75) is 0 Å². The van der Waals surface area contributed by atoms with E-state index >= 15 is 0 Å². The SMILES string of the molecule is COc1c(/C=N\O)nc(-c2ccccc2)nc1-c1ccccc1. The molecule has 0 saturated carbocycles. The zero-order valence-electron chi connectivity index (χ0n) is 12.5. The van der Waals surface area contributed by atoms with Gasteiger partial charge in [-0.15, -0.1) is 0 Å². The van der Waals surface area contributed by atoms with Crippen molar-refractivity contribution in [2.75, 3.05) is 7.11 Å². The Kier molecular flexibility index (Phi) is 4.29. The average molecular weight is 305 g/mol. The maximum atomic E-state index is 8.92. The van der Waals surface area contributed by atoms with E-state index in [9.17, 15) is 0 Å². The summed E-state index contributed by atoms with van der Waals surface area (Å²) in [6.07, 6.45) is 1.25. The lowest BCUT2D eigenvalue weighted by atomic mass is 10.1. The minimum atomic E-state index is 0.419. The van der Waals surface area contributed by atoms with E-state index in [4.69, 9.17) is 9.94 Å². The van der Waals surface area contributed by atoms with E-state index in [1.54, 1.807) is 7.11 Å². The van der Waals surface area contributed by atoms with Gasteiger partial charge in [0.15, 0.2) is 11.6 Å². The minimum absolute atomic E-state index is 0.419. The molecule has 0 bridgehead atoms. The van der Waals surface area contributed by atoms with Gasteiger partial charge in [-0.3, -0.25) is 0 Å². The number of nitrogens with zero attached hydrogens (tertiary/aromatic N) is 3. The molecule has 3 aromatic rings. The number of ether oxygens (including phenoxy) is 1. The van der Waals surface area contributed by atoms with Crippen LogP contribution in [0.25, 0.3) is 22.6 Å². The molecule has 0 fully saturated rings. The van der Waals surface area contributed by atoms with Crippen LogP contribution in [-0.2, 0) is 0 Å². The van der Waals surface area contributed by atoms with Crippen LogP contribution in [0.2, 0.25) is 0 Å². The zero-order chi connectivity index (χ0) is 16.1. The lowest BCUT2D eigenvalue weighted by Crippen LogP contribution is -2.03. The third kappa shape index (κ3) is 3.03. The van der Waals surface area contributed by atoms with Crippen LogP contribution >= 0.6 is 0 Å². The van der Waals surface area contributed by atoms with Crippen LogP contribution in [0.1, 0.15) is 5.69 Å². The summed E-state index contributed by atoms with van der Waals surface area (Å²) >= 11 is 0. The quantitative estimate of drug-likeness (QED) is 0.454. The Hall–Kier alpha value is -3.21. The van der Waals surface area contributed by atoms with Crippen molar-refractivity contribution in [3.05, 3.63) is 66.4 Å². The fraction of sp³-hybridized carbons (Fsp3) is 0.0556. The van der Waals surface area contributed by atoms with Gasteiger partial charge < -0.3 is 9.94 Å². The summed E-state index contributed by atoms with van der Waals surface area (Å²) in [7, 11) is 1.54. The molecule has 0 atom stereocenters. The van der Waals surface area contributed by atoms with Gasteiger partial charge in [-0.2, -0.15) is 0 Å². The highest BCUT2D eigenvalue weighted by Gasteiger charge is 2.16. The Labute approximate surface area is 133 Å². The maximum Gasteiger partial charge on any atom is 0.172 e. The Morgan fingerprint density at radius 1 is 0.913 bits per heavy atom. The highest BCUT2D eigenvalue weighted by Crippen LogP contribution is 2.32. The predicted molar refractivity (Wildman–Crippen MR) is 88.8 cm³/mol. The largest absolute Gasteiger partial charge is 0.492 e. The second kappa shape index (κ2) is 6.70. The summed E-state index contributed by atoms with van der Waals surface area (Å²) in [5.41, 5.74) is 2.84. The first-order chi connectivity index (χ1) is 11.3. The molecule has 0 saturated heterocycles. The molecule has 0 aliphatic rings. The minimum Gasteiger partial charge on any atom is -0.492 e. The molecule has 5 heteroatoms. The molecular weight excluding hydrogens is 290 g/mol. The van der Waals surface area contributed by atoms with Crippen LogP contribution in [0.5, 0.6) is 5.75 Å². The fourth-order valence-corrected chi connectivity index (χ4v) is 2.32. The molecule has 1 N–H and O–H groups in total. The van der Waals surface area contributed by atoms with Gasteiger partial charge >= 0.3 is 0 Å². The van der Waals surface area contributed by atoms with Gasteiger partial charge in [-0.25, -0.2) is 9.97 Å². The Morgan fingerprint density at radius 3 is 2.09 bits per heavy atom. The molecule has 1 aromatic heterocycles. The third-order valence-corrected chi connectivity index (χ3v) is 3.36. The van der Waals surface area contributed by atoms with Crippen molar-refractivity contribution in [1.29, 1.82) is 0 Å². The van der Waals surface area contributed by atoms with Gasteiger partial charge in [0, 0.05) is 11.1 Å². The van der Waals surface area contributed by atoms with Gasteiger partial charge in [0.1, 0.15) is 11.4 Å². The van der Waals surface area contributed by atoms with Gasteiger partial charge in [-0.05, 0) is 0 Å². The lowest BCUT2D eigenvalue weighted by Gasteiger charge is -2.12. The molecule has 3 rings (SSSR count). The predicted octanol–water partition coefficient (Wildman–Crippen LogP) is 3.63. The van der Waals surface area contributed by atoms with Crippen LogP contribution in [0.3, 0.4) is 0 Å². The number of oxime groups is 1. The smallest absolute Gasteiger partial charge is 0.172 e. The molecule has 0 spiro atoms.